The number of fused-ring (bicyclic) bond motifs is 2. The van der Waals surface area contributed by atoms with Crippen molar-refractivity contribution in [2.75, 3.05) is 32.2 Å². The summed E-state index contributed by atoms with van der Waals surface area (Å²) >= 11 is 1.36. The quantitative estimate of drug-likeness (QED) is 0.207. The van der Waals surface area contributed by atoms with Gasteiger partial charge in [-0.1, -0.05) is 0 Å². The van der Waals surface area contributed by atoms with Crippen LogP contribution in [0.1, 0.15) is 23.0 Å². The SMILES string of the molecule is COc1cnc2c(-c3nc4cc(F)c(O[C@@H](C)COC(=O)Nc5ccnc(C(=O)NCCO)c5)cc4s3)cc(C)cc2n1. The highest BCUT2D eigenvalue weighted by molar-refractivity contribution is 7.21. The van der Waals surface area contributed by atoms with Crippen molar-refractivity contribution < 1.29 is 33.3 Å². The number of aliphatic hydroxyl groups is 1. The largest absolute Gasteiger partial charge is 0.484 e. The normalized spacial score (nSPS) is 11.7. The Labute approximate surface area is 248 Å². The van der Waals surface area contributed by atoms with Crippen molar-refractivity contribution >= 4 is 50.3 Å². The molecule has 0 aliphatic carbocycles. The van der Waals surface area contributed by atoms with E-state index in [-0.39, 0.29) is 36.9 Å². The molecule has 0 saturated carbocycles. The van der Waals surface area contributed by atoms with Gasteiger partial charge in [0.1, 0.15) is 23.4 Å². The number of carbonyl (C=O) groups excluding carboxylic acids is 2. The number of ether oxygens (including phenoxy) is 3. The van der Waals surface area contributed by atoms with E-state index in [1.165, 1.54) is 49.0 Å². The summed E-state index contributed by atoms with van der Waals surface area (Å²) in [7, 11) is 1.53. The zero-order valence-corrected chi connectivity index (χ0v) is 24.2. The van der Waals surface area contributed by atoms with Crippen LogP contribution in [0.2, 0.25) is 0 Å². The van der Waals surface area contributed by atoms with E-state index < -0.39 is 23.9 Å². The maximum atomic E-state index is 15.0. The second-order valence-corrected chi connectivity index (χ2v) is 10.5. The molecule has 0 radical (unpaired) electrons. The summed E-state index contributed by atoms with van der Waals surface area (Å²) in [5, 5.41) is 14.5. The summed E-state index contributed by atoms with van der Waals surface area (Å²) in [5.74, 6) is -0.714. The van der Waals surface area contributed by atoms with Crippen LogP contribution in [0.4, 0.5) is 14.9 Å². The Morgan fingerprint density at radius 2 is 1.95 bits per heavy atom. The topological polar surface area (TPSA) is 158 Å². The summed E-state index contributed by atoms with van der Waals surface area (Å²) in [6, 6.07) is 9.58. The molecule has 3 N–H and O–H groups in total. The molecule has 0 saturated heterocycles. The van der Waals surface area contributed by atoms with E-state index >= 15 is 0 Å². The number of rotatable bonds is 10. The van der Waals surface area contributed by atoms with Crippen molar-refractivity contribution in [1.29, 1.82) is 0 Å². The highest BCUT2D eigenvalue weighted by Gasteiger charge is 2.18. The van der Waals surface area contributed by atoms with Gasteiger partial charge in [0.15, 0.2) is 11.6 Å². The molecule has 5 aromatic rings. The third-order valence-corrected chi connectivity index (χ3v) is 7.12. The minimum atomic E-state index is -0.794. The molecule has 2 aromatic carbocycles. The van der Waals surface area contributed by atoms with Crippen LogP contribution in [-0.4, -0.2) is 70.0 Å². The lowest BCUT2D eigenvalue weighted by atomic mass is 10.1. The van der Waals surface area contributed by atoms with Gasteiger partial charge in [-0.05, 0) is 43.7 Å². The average Bonchev–Trinajstić information content (AvgIpc) is 3.40. The van der Waals surface area contributed by atoms with Crippen LogP contribution in [0.15, 0.2) is 48.8 Å². The number of aliphatic hydroxyl groups excluding tert-OH is 1. The van der Waals surface area contributed by atoms with E-state index in [1.54, 1.807) is 13.0 Å². The van der Waals surface area contributed by atoms with Crippen LogP contribution in [0.25, 0.3) is 31.8 Å². The molecule has 12 nitrogen and oxygen atoms in total. The van der Waals surface area contributed by atoms with Crippen molar-refractivity contribution in [3.8, 4) is 22.2 Å². The Morgan fingerprint density at radius 3 is 2.74 bits per heavy atom. The molecule has 5 rings (SSSR count). The highest BCUT2D eigenvalue weighted by Crippen LogP contribution is 2.37. The number of pyridine rings is 1. The van der Waals surface area contributed by atoms with Gasteiger partial charge in [-0.25, -0.2) is 24.1 Å². The molecular formula is C29H27FN6O6S. The van der Waals surface area contributed by atoms with E-state index in [2.05, 4.69) is 30.6 Å². The fourth-order valence-corrected chi connectivity index (χ4v) is 5.13. The lowest BCUT2D eigenvalue weighted by molar-refractivity contribution is 0.0938. The summed E-state index contributed by atoms with van der Waals surface area (Å²) in [6.07, 6.45) is 1.41. The molecule has 3 aromatic heterocycles. The molecule has 43 heavy (non-hydrogen) atoms. The van der Waals surface area contributed by atoms with E-state index in [9.17, 15) is 14.0 Å². The number of nitrogens with zero attached hydrogens (tertiary/aromatic N) is 4. The summed E-state index contributed by atoms with van der Waals surface area (Å²) in [5.41, 5.74) is 3.86. The Kier molecular flexibility index (Phi) is 8.87. The number of carbonyl (C=O) groups is 2. The summed E-state index contributed by atoms with van der Waals surface area (Å²) < 4.78 is 31.9. The Balaban J connectivity index is 1.25. The average molecular weight is 607 g/mol. The van der Waals surface area contributed by atoms with Crippen LogP contribution in [0.5, 0.6) is 11.6 Å². The number of anilines is 1. The molecule has 222 valence electrons. The molecule has 3 heterocycles. The number of hydrogen-bond acceptors (Lipinski definition) is 11. The first-order chi connectivity index (χ1) is 20.7. The van der Waals surface area contributed by atoms with Gasteiger partial charge in [-0.3, -0.25) is 15.1 Å². The number of amides is 2. The number of aromatic nitrogens is 4. The molecule has 1 atom stereocenters. The molecule has 0 aliphatic heterocycles. The van der Waals surface area contributed by atoms with Gasteiger partial charge in [0.25, 0.3) is 5.91 Å². The predicted octanol–water partition coefficient (Wildman–Crippen LogP) is 4.50. The number of hydrogen-bond donors (Lipinski definition) is 3. The number of benzene rings is 2. The molecule has 0 unspecified atom stereocenters. The van der Waals surface area contributed by atoms with E-state index in [0.717, 1.165) is 11.1 Å². The van der Waals surface area contributed by atoms with Crippen molar-refractivity contribution in [1.82, 2.24) is 25.3 Å². The fourth-order valence-electron chi connectivity index (χ4n) is 4.13. The molecule has 0 bridgehead atoms. The Hall–Kier alpha value is -4.95. The minimum Gasteiger partial charge on any atom is -0.484 e. The molecule has 2 amide bonds. The van der Waals surface area contributed by atoms with Crippen molar-refractivity contribution in [3.05, 3.63) is 65.9 Å². The van der Waals surface area contributed by atoms with Crippen LogP contribution >= 0.6 is 11.3 Å². The van der Waals surface area contributed by atoms with Gasteiger partial charge in [0.2, 0.25) is 5.88 Å². The monoisotopic (exact) mass is 606 g/mol. The second kappa shape index (κ2) is 12.9. The number of halogens is 1. The first-order valence-electron chi connectivity index (χ1n) is 13.1. The summed E-state index contributed by atoms with van der Waals surface area (Å²) in [4.78, 5) is 41.9. The smallest absolute Gasteiger partial charge is 0.411 e. The molecule has 0 aliphatic rings. The first kappa shape index (κ1) is 29.5. The van der Waals surface area contributed by atoms with E-state index in [1.807, 2.05) is 19.1 Å². The molecule has 14 heteroatoms. The zero-order valence-electron chi connectivity index (χ0n) is 23.4. The van der Waals surface area contributed by atoms with Gasteiger partial charge in [-0.2, -0.15) is 0 Å². The number of thiazole rings is 1. The second-order valence-electron chi connectivity index (χ2n) is 9.42. The molecular weight excluding hydrogens is 579 g/mol. The van der Waals surface area contributed by atoms with Crippen LogP contribution in [0.3, 0.4) is 0 Å². The third kappa shape index (κ3) is 6.93. The number of nitrogens with one attached hydrogen (secondary N) is 2. The van der Waals surface area contributed by atoms with Crippen LogP contribution in [-0.2, 0) is 4.74 Å². The highest BCUT2D eigenvalue weighted by atomic mass is 32.1. The lowest BCUT2D eigenvalue weighted by Gasteiger charge is -2.16. The molecule has 0 fully saturated rings. The molecule has 0 spiro atoms. The van der Waals surface area contributed by atoms with Crippen molar-refractivity contribution in [2.45, 2.75) is 20.0 Å². The maximum absolute atomic E-state index is 15.0. The van der Waals surface area contributed by atoms with Gasteiger partial charge >= 0.3 is 6.09 Å². The van der Waals surface area contributed by atoms with Crippen molar-refractivity contribution in [2.24, 2.45) is 0 Å². The lowest BCUT2D eigenvalue weighted by Crippen LogP contribution is -2.27. The van der Waals surface area contributed by atoms with Gasteiger partial charge in [-0.15, -0.1) is 11.3 Å². The first-order valence-corrected chi connectivity index (χ1v) is 13.9. The van der Waals surface area contributed by atoms with E-state index in [0.29, 0.717) is 32.1 Å². The Morgan fingerprint density at radius 1 is 1.12 bits per heavy atom. The number of aryl methyl sites for hydroxylation is 1. The minimum absolute atomic E-state index is 0.00879. The third-order valence-electron chi connectivity index (χ3n) is 6.06. The zero-order chi connectivity index (χ0) is 30.5. The maximum Gasteiger partial charge on any atom is 0.411 e. The van der Waals surface area contributed by atoms with E-state index in [4.69, 9.17) is 19.3 Å². The Bertz CT molecular complexity index is 1820. The van der Waals surface area contributed by atoms with Gasteiger partial charge < -0.3 is 24.6 Å². The predicted molar refractivity (Wildman–Crippen MR) is 158 cm³/mol. The van der Waals surface area contributed by atoms with Crippen molar-refractivity contribution in [3.63, 3.8) is 0 Å². The van der Waals surface area contributed by atoms with Gasteiger partial charge in [0, 0.05) is 36.1 Å². The summed E-state index contributed by atoms with van der Waals surface area (Å²) in [6.45, 7) is 3.27. The van der Waals surface area contributed by atoms with Crippen LogP contribution < -0.4 is 20.1 Å². The van der Waals surface area contributed by atoms with Gasteiger partial charge in [0.05, 0.1) is 41.2 Å². The fraction of sp³-hybridized carbons (Fsp3) is 0.241. The van der Waals surface area contributed by atoms with Crippen LogP contribution in [0, 0.1) is 12.7 Å². The standard InChI is InChI=1S/C29H27FN6O6S/c1-15-8-18(26-21(9-15)35-25(40-3)13-33-26)28-36-20-11-19(30)23(12-24(20)43-28)42-16(2)14-41-29(39)34-17-4-5-31-22(10-17)27(38)32-6-7-37/h4-5,8-13,16,37H,6-7,14H2,1-3H3,(H,32,38)(H,31,34,39)/t16-/m0/s1. The number of methoxy groups -OCH3 is 1.